The van der Waals surface area contributed by atoms with Crippen molar-refractivity contribution in [1.82, 2.24) is 0 Å². The summed E-state index contributed by atoms with van der Waals surface area (Å²) < 4.78 is 34.4. The third kappa shape index (κ3) is 3.63. The van der Waals surface area contributed by atoms with Crippen molar-refractivity contribution in [2.45, 2.75) is 23.3 Å². The monoisotopic (exact) mass is 466 g/mol. The van der Waals surface area contributed by atoms with E-state index >= 15 is 0 Å². The lowest BCUT2D eigenvalue weighted by Crippen LogP contribution is -2.29. The van der Waals surface area contributed by atoms with Gasteiger partial charge in [-0.25, -0.2) is 8.42 Å². The second kappa shape index (κ2) is 8.19. The van der Waals surface area contributed by atoms with Crippen LogP contribution in [0.3, 0.4) is 0 Å². The van der Waals surface area contributed by atoms with Crippen LogP contribution in [0.15, 0.2) is 83.8 Å². The Morgan fingerprint density at radius 3 is 2.62 bits per heavy atom. The molecule has 5 nitrogen and oxygen atoms in total. The van der Waals surface area contributed by atoms with Crippen LogP contribution in [0.5, 0.6) is 5.75 Å². The molecular formula is C25H23ClN2O3S. The first-order chi connectivity index (χ1) is 15.5. The first kappa shape index (κ1) is 20.9. The molecule has 0 fully saturated rings. The highest BCUT2D eigenvalue weighted by Gasteiger charge is 2.39. The highest BCUT2D eigenvalue weighted by atomic mass is 35.5. The largest absolute Gasteiger partial charge is 0.496 e. The van der Waals surface area contributed by atoms with E-state index in [-0.39, 0.29) is 22.8 Å². The molecule has 2 N–H and O–H groups in total. The van der Waals surface area contributed by atoms with Crippen LogP contribution in [0.1, 0.15) is 29.5 Å². The first-order valence-corrected chi connectivity index (χ1v) is 12.3. The minimum absolute atomic E-state index is 0.0716. The lowest BCUT2D eigenvalue weighted by atomic mass is 9.77. The van der Waals surface area contributed by atoms with E-state index < -0.39 is 10.0 Å². The fraction of sp³-hybridized carbons (Fsp3) is 0.200. The van der Waals surface area contributed by atoms with E-state index in [1.165, 1.54) is 0 Å². The van der Waals surface area contributed by atoms with Gasteiger partial charge in [-0.1, -0.05) is 54.1 Å². The third-order valence-electron chi connectivity index (χ3n) is 6.24. The molecule has 1 aliphatic carbocycles. The van der Waals surface area contributed by atoms with Gasteiger partial charge >= 0.3 is 0 Å². The maximum absolute atomic E-state index is 13.1. The SMILES string of the molecule is COc1ccccc1[C@H]1Nc2ccc(S(=O)(=O)Nc3ccccc3Cl)cc2[C@H]2C=CC[C@H]21. The molecule has 2 aliphatic rings. The summed E-state index contributed by atoms with van der Waals surface area (Å²) in [4.78, 5) is 0.216. The van der Waals surface area contributed by atoms with Crippen LogP contribution >= 0.6 is 11.6 Å². The van der Waals surface area contributed by atoms with Gasteiger partial charge in [0.15, 0.2) is 0 Å². The molecule has 0 unspecified atom stereocenters. The van der Waals surface area contributed by atoms with E-state index in [0.29, 0.717) is 10.7 Å². The van der Waals surface area contributed by atoms with Gasteiger partial charge in [0, 0.05) is 17.2 Å². The smallest absolute Gasteiger partial charge is 0.261 e. The molecule has 0 bridgehead atoms. The third-order valence-corrected chi connectivity index (χ3v) is 7.93. The van der Waals surface area contributed by atoms with Crippen LogP contribution < -0.4 is 14.8 Å². The second-order valence-electron chi connectivity index (χ2n) is 8.05. The van der Waals surface area contributed by atoms with Gasteiger partial charge in [0.2, 0.25) is 0 Å². The number of ether oxygens (including phenoxy) is 1. The minimum Gasteiger partial charge on any atom is -0.496 e. The topological polar surface area (TPSA) is 67.4 Å². The van der Waals surface area contributed by atoms with E-state index in [1.807, 2.05) is 24.3 Å². The summed E-state index contributed by atoms with van der Waals surface area (Å²) in [7, 11) is -2.10. The number of allylic oxidation sites excluding steroid dienone is 2. The number of para-hydroxylation sites is 2. The molecule has 164 valence electrons. The van der Waals surface area contributed by atoms with Crippen molar-refractivity contribution in [2.75, 3.05) is 17.1 Å². The average Bonchev–Trinajstić information content (AvgIpc) is 3.30. The zero-order chi connectivity index (χ0) is 22.3. The molecule has 3 aromatic rings. The molecule has 0 aromatic heterocycles. The van der Waals surface area contributed by atoms with Crippen molar-refractivity contribution in [3.8, 4) is 5.75 Å². The summed E-state index contributed by atoms with van der Waals surface area (Å²) in [5, 5.41) is 4.00. The Bertz CT molecular complexity index is 1310. The highest BCUT2D eigenvalue weighted by molar-refractivity contribution is 7.92. The molecular weight excluding hydrogens is 444 g/mol. The summed E-state index contributed by atoms with van der Waals surface area (Å²) >= 11 is 6.15. The zero-order valence-corrected chi connectivity index (χ0v) is 19.0. The van der Waals surface area contributed by atoms with Gasteiger partial charge in [0.25, 0.3) is 10.0 Å². The maximum Gasteiger partial charge on any atom is 0.261 e. The lowest BCUT2D eigenvalue weighted by molar-refractivity contribution is 0.381. The molecule has 0 radical (unpaired) electrons. The maximum atomic E-state index is 13.1. The van der Waals surface area contributed by atoms with Crippen molar-refractivity contribution < 1.29 is 13.2 Å². The predicted molar refractivity (Wildman–Crippen MR) is 128 cm³/mol. The highest BCUT2D eigenvalue weighted by Crippen LogP contribution is 2.51. The Hall–Kier alpha value is -2.96. The Balaban J connectivity index is 1.51. The number of anilines is 2. The summed E-state index contributed by atoms with van der Waals surface area (Å²) in [6.07, 6.45) is 5.27. The van der Waals surface area contributed by atoms with Crippen molar-refractivity contribution >= 4 is 33.0 Å². The molecule has 32 heavy (non-hydrogen) atoms. The normalized spacial score (nSPS) is 21.4. The van der Waals surface area contributed by atoms with Crippen LogP contribution in [0.4, 0.5) is 11.4 Å². The van der Waals surface area contributed by atoms with Crippen molar-refractivity contribution in [1.29, 1.82) is 0 Å². The molecule has 0 saturated carbocycles. The molecule has 0 spiro atoms. The van der Waals surface area contributed by atoms with Crippen LogP contribution in [-0.2, 0) is 10.0 Å². The number of nitrogens with one attached hydrogen (secondary N) is 2. The lowest BCUT2D eigenvalue weighted by Gasteiger charge is -2.38. The van der Waals surface area contributed by atoms with Gasteiger partial charge in [-0.15, -0.1) is 0 Å². The Morgan fingerprint density at radius 2 is 1.81 bits per heavy atom. The van der Waals surface area contributed by atoms with Crippen LogP contribution in [0.2, 0.25) is 5.02 Å². The summed E-state index contributed by atoms with van der Waals surface area (Å²) in [6.45, 7) is 0. The number of halogens is 1. The fourth-order valence-corrected chi connectivity index (χ4v) is 6.07. The van der Waals surface area contributed by atoms with Crippen LogP contribution in [0.25, 0.3) is 0 Å². The molecule has 3 atom stereocenters. The van der Waals surface area contributed by atoms with Crippen molar-refractivity contribution in [2.24, 2.45) is 5.92 Å². The molecule has 7 heteroatoms. The number of methoxy groups -OCH3 is 1. The number of fused-ring (bicyclic) bond motifs is 3. The van der Waals surface area contributed by atoms with E-state index in [4.69, 9.17) is 16.3 Å². The van der Waals surface area contributed by atoms with Gasteiger partial charge in [-0.2, -0.15) is 0 Å². The van der Waals surface area contributed by atoms with Crippen LogP contribution in [-0.4, -0.2) is 15.5 Å². The van der Waals surface area contributed by atoms with Gasteiger partial charge in [-0.3, -0.25) is 4.72 Å². The Kier molecular flexibility index (Phi) is 5.35. The summed E-state index contributed by atoms with van der Waals surface area (Å²) in [6, 6.07) is 20.2. The number of rotatable bonds is 5. The van der Waals surface area contributed by atoms with Gasteiger partial charge in [0.05, 0.1) is 28.8 Å². The standard InChI is InChI=1S/C25H23ClN2O3S/c1-31-24-12-5-2-7-19(24)25-18-9-6-8-17(18)20-15-16(13-14-22(20)27-25)32(29,30)28-23-11-4-3-10-21(23)26/h2-8,10-15,17-18,25,27-28H,9H2,1H3/t17-,18+,25-/m0/s1. The molecule has 5 rings (SSSR count). The Morgan fingerprint density at radius 1 is 1.03 bits per heavy atom. The van der Waals surface area contributed by atoms with E-state index in [1.54, 1.807) is 43.5 Å². The molecule has 3 aromatic carbocycles. The summed E-state index contributed by atoms with van der Waals surface area (Å²) in [5.74, 6) is 1.24. The molecule has 0 saturated heterocycles. The minimum atomic E-state index is -3.78. The predicted octanol–water partition coefficient (Wildman–Crippen LogP) is 5.98. The molecule has 0 amide bonds. The van der Waals surface area contributed by atoms with Crippen molar-refractivity contribution in [3.05, 3.63) is 95.0 Å². The number of benzene rings is 3. The quantitative estimate of drug-likeness (QED) is 0.454. The zero-order valence-electron chi connectivity index (χ0n) is 17.5. The average molecular weight is 467 g/mol. The fourth-order valence-electron chi connectivity index (χ4n) is 4.72. The molecule has 1 heterocycles. The number of hydrogen-bond acceptors (Lipinski definition) is 4. The van der Waals surface area contributed by atoms with E-state index in [9.17, 15) is 8.42 Å². The van der Waals surface area contributed by atoms with Gasteiger partial charge in [-0.05, 0) is 54.3 Å². The van der Waals surface area contributed by atoms with Crippen LogP contribution in [0, 0.1) is 5.92 Å². The summed E-state index contributed by atoms with van der Waals surface area (Å²) in [5.41, 5.74) is 3.39. The second-order valence-corrected chi connectivity index (χ2v) is 10.1. The van der Waals surface area contributed by atoms with Crippen molar-refractivity contribution in [3.63, 3.8) is 0 Å². The van der Waals surface area contributed by atoms with Gasteiger partial charge < -0.3 is 10.1 Å². The van der Waals surface area contributed by atoms with Gasteiger partial charge in [0.1, 0.15) is 5.75 Å². The number of hydrogen-bond donors (Lipinski definition) is 2. The number of sulfonamides is 1. The van der Waals surface area contributed by atoms with E-state index in [2.05, 4.69) is 28.3 Å². The Labute approximate surface area is 193 Å². The van der Waals surface area contributed by atoms with E-state index in [0.717, 1.165) is 29.0 Å². The first-order valence-electron chi connectivity index (χ1n) is 10.5. The molecule has 1 aliphatic heterocycles.